The summed E-state index contributed by atoms with van der Waals surface area (Å²) in [7, 11) is 0. The predicted molar refractivity (Wildman–Crippen MR) is 131 cm³/mol. The minimum Gasteiger partial charge on any atom is -0.457 e. The van der Waals surface area contributed by atoms with Gasteiger partial charge in [-0.15, -0.1) is 0 Å². The van der Waals surface area contributed by atoms with Crippen molar-refractivity contribution in [3.8, 4) is 22.8 Å². The van der Waals surface area contributed by atoms with Gasteiger partial charge in [0.25, 0.3) is 5.91 Å². The number of benzene rings is 2. The molecule has 0 atom stereocenters. The lowest BCUT2D eigenvalue weighted by Crippen LogP contribution is -2.50. The van der Waals surface area contributed by atoms with Gasteiger partial charge in [0.2, 0.25) is 0 Å². The number of carbonyl (C=O) groups excluding carboxylic acids is 2. The lowest BCUT2D eigenvalue weighted by atomic mass is 9.94. The van der Waals surface area contributed by atoms with Crippen molar-refractivity contribution in [3.63, 3.8) is 0 Å². The number of halogens is 1. The average molecular weight is 492 g/mol. The van der Waals surface area contributed by atoms with Gasteiger partial charge in [0.05, 0.1) is 11.9 Å². The number of aromatic nitrogens is 3. The molecule has 10 heteroatoms. The molecule has 0 unspecified atom stereocenters. The van der Waals surface area contributed by atoms with Crippen LogP contribution in [0.25, 0.3) is 16.9 Å². The zero-order valence-electron chi connectivity index (χ0n) is 20.1. The van der Waals surface area contributed by atoms with Crippen LogP contribution in [0.15, 0.2) is 54.7 Å². The molecule has 4 aromatic rings. The highest BCUT2D eigenvalue weighted by Gasteiger charge is 2.37. The summed E-state index contributed by atoms with van der Waals surface area (Å²) in [6.45, 7) is 6.47. The van der Waals surface area contributed by atoms with E-state index in [1.165, 1.54) is 16.6 Å². The SMILES string of the molecule is CC(C)(C)OC(=O)N1CC(c2cnn3c(C(N)=O)c(-c4ccc(Oc5ccc(F)cc5)cc4)[nH]c23)C1. The van der Waals surface area contributed by atoms with Gasteiger partial charge >= 0.3 is 6.09 Å². The number of nitrogens with two attached hydrogens (primary N) is 1. The molecule has 5 rings (SSSR count). The van der Waals surface area contributed by atoms with Crippen LogP contribution in [0.2, 0.25) is 0 Å². The third-order valence-electron chi connectivity index (χ3n) is 5.89. The van der Waals surface area contributed by atoms with E-state index in [1.54, 1.807) is 47.5 Å². The molecule has 2 amide bonds. The monoisotopic (exact) mass is 491 g/mol. The number of amides is 2. The number of hydrogen-bond donors (Lipinski definition) is 2. The highest BCUT2D eigenvalue weighted by molar-refractivity contribution is 5.98. The van der Waals surface area contributed by atoms with Gasteiger partial charge in [-0.3, -0.25) is 4.79 Å². The van der Waals surface area contributed by atoms with E-state index in [-0.39, 0.29) is 23.5 Å². The maximum atomic E-state index is 13.1. The molecule has 0 aliphatic carbocycles. The Labute approximate surface area is 206 Å². The van der Waals surface area contributed by atoms with Gasteiger partial charge in [0.1, 0.15) is 28.6 Å². The van der Waals surface area contributed by atoms with E-state index < -0.39 is 11.5 Å². The molecule has 0 radical (unpaired) electrons. The zero-order valence-corrected chi connectivity index (χ0v) is 20.1. The molecule has 1 aliphatic heterocycles. The largest absolute Gasteiger partial charge is 0.457 e. The van der Waals surface area contributed by atoms with Gasteiger partial charge in [-0.1, -0.05) is 0 Å². The van der Waals surface area contributed by atoms with Crippen LogP contribution in [-0.2, 0) is 4.74 Å². The number of hydrogen-bond acceptors (Lipinski definition) is 5. The lowest BCUT2D eigenvalue weighted by Gasteiger charge is -2.39. The van der Waals surface area contributed by atoms with Crippen molar-refractivity contribution in [2.24, 2.45) is 5.73 Å². The van der Waals surface area contributed by atoms with Gasteiger partial charge in [0.15, 0.2) is 5.69 Å². The smallest absolute Gasteiger partial charge is 0.410 e. The number of fused-ring (bicyclic) bond motifs is 1. The van der Waals surface area contributed by atoms with E-state index in [2.05, 4.69) is 10.1 Å². The first kappa shape index (κ1) is 23.4. The van der Waals surface area contributed by atoms with Crippen molar-refractivity contribution >= 4 is 17.6 Å². The minimum atomic E-state index is -0.624. The fourth-order valence-electron chi connectivity index (χ4n) is 4.15. The summed E-state index contributed by atoms with van der Waals surface area (Å²) in [4.78, 5) is 29.6. The van der Waals surface area contributed by atoms with Gasteiger partial charge in [-0.2, -0.15) is 5.10 Å². The molecule has 0 spiro atoms. The molecule has 2 aromatic heterocycles. The zero-order chi connectivity index (χ0) is 25.6. The second-order valence-corrected chi connectivity index (χ2v) is 9.74. The molecule has 2 aromatic carbocycles. The number of ether oxygens (including phenoxy) is 2. The summed E-state index contributed by atoms with van der Waals surface area (Å²) >= 11 is 0. The van der Waals surface area contributed by atoms with E-state index in [0.717, 1.165) is 11.1 Å². The van der Waals surface area contributed by atoms with Gasteiger partial charge < -0.3 is 25.1 Å². The number of nitrogens with zero attached hydrogens (tertiary/aromatic N) is 3. The summed E-state index contributed by atoms with van der Waals surface area (Å²) in [6.07, 6.45) is 1.34. The van der Waals surface area contributed by atoms with E-state index in [1.807, 2.05) is 20.8 Å². The van der Waals surface area contributed by atoms with Crippen LogP contribution in [0.4, 0.5) is 9.18 Å². The summed E-state index contributed by atoms with van der Waals surface area (Å²) < 4.78 is 25.8. The highest BCUT2D eigenvalue weighted by atomic mass is 19.1. The first-order valence-corrected chi connectivity index (χ1v) is 11.5. The highest BCUT2D eigenvalue weighted by Crippen LogP contribution is 2.34. The fraction of sp³-hybridized carbons (Fsp3) is 0.269. The summed E-state index contributed by atoms with van der Waals surface area (Å²) in [5, 5.41) is 4.39. The van der Waals surface area contributed by atoms with E-state index in [4.69, 9.17) is 15.2 Å². The van der Waals surface area contributed by atoms with E-state index in [9.17, 15) is 14.0 Å². The standard InChI is InChI=1S/C26H26FN5O4/c1-26(2,3)36-25(34)31-13-16(14-31)20-12-29-32-22(23(28)33)21(30-24(20)32)15-4-8-18(9-5-15)35-19-10-6-17(27)7-11-19/h4-12,16,30H,13-14H2,1-3H3,(H2,28,33). The summed E-state index contributed by atoms with van der Waals surface area (Å²) in [6, 6.07) is 12.8. The first-order valence-electron chi connectivity index (χ1n) is 11.5. The summed E-state index contributed by atoms with van der Waals surface area (Å²) in [5.41, 5.74) is 8.18. The maximum Gasteiger partial charge on any atom is 0.410 e. The van der Waals surface area contributed by atoms with Crippen molar-refractivity contribution in [2.75, 3.05) is 13.1 Å². The van der Waals surface area contributed by atoms with Crippen LogP contribution < -0.4 is 10.5 Å². The molecular weight excluding hydrogens is 465 g/mol. The predicted octanol–water partition coefficient (Wildman–Crippen LogP) is 4.69. The lowest BCUT2D eigenvalue weighted by molar-refractivity contribution is 0.00827. The molecule has 3 N–H and O–H groups in total. The average Bonchev–Trinajstić information content (AvgIpc) is 3.33. The van der Waals surface area contributed by atoms with Crippen LogP contribution in [0.5, 0.6) is 11.5 Å². The Morgan fingerprint density at radius 3 is 2.25 bits per heavy atom. The minimum absolute atomic E-state index is 0.0498. The third-order valence-corrected chi connectivity index (χ3v) is 5.89. The molecular formula is C26H26FN5O4. The Morgan fingerprint density at radius 1 is 1.06 bits per heavy atom. The first-order chi connectivity index (χ1) is 17.1. The molecule has 9 nitrogen and oxygen atoms in total. The topological polar surface area (TPSA) is 115 Å². The number of carbonyl (C=O) groups is 2. The Balaban J connectivity index is 1.38. The third kappa shape index (κ3) is 4.49. The number of imidazole rings is 1. The van der Waals surface area contributed by atoms with Crippen LogP contribution in [0, 0.1) is 5.82 Å². The van der Waals surface area contributed by atoms with Crippen molar-refractivity contribution in [2.45, 2.75) is 32.3 Å². The quantitative estimate of drug-likeness (QED) is 0.420. The Kier molecular flexibility index (Phi) is 5.66. The van der Waals surface area contributed by atoms with Crippen LogP contribution >= 0.6 is 0 Å². The van der Waals surface area contributed by atoms with Gasteiger partial charge in [-0.25, -0.2) is 13.7 Å². The van der Waals surface area contributed by atoms with Crippen molar-refractivity contribution in [3.05, 3.63) is 71.8 Å². The number of rotatable bonds is 5. The van der Waals surface area contributed by atoms with Crippen molar-refractivity contribution < 1.29 is 23.5 Å². The number of aromatic amines is 1. The van der Waals surface area contributed by atoms with Gasteiger partial charge in [0, 0.05) is 30.1 Å². The van der Waals surface area contributed by atoms with Crippen molar-refractivity contribution in [1.29, 1.82) is 0 Å². The van der Waals surface area contributed by atoms with Crippen molar-refractivity contribution in [1.82, 2.24) is 19.5 Å². The van der Waals surface area contributed by atoms with E-state index in [0.29, 0.717) is 35.9 Å². The Hall–Kier alpha value is -4.34. The van der Waals surface area contributed by atoms with Crippen LogP contribution in [0.1, 0.15) is 42.7 Å². The number of likely N-dealkylation sites (tertiary alicyclic amines) is 1. The molecule has 1 fully saturated rings. The molecule has 0 bridgehead atoms. The fourth-order valence-corrected chi connectivity index (χ4v) is 4.15. The Morgan fingerprint density at radius 2 is 1.67 bits per heavy atom. The molecule has 36 heavy (non-hydrogen) atoms. The number of H-pyrrole nitrogens is 1. The second kappa shape index (κ2) is 8.71. The van der Waals surface area contributed by atoms with Gasteiger partial charge in [-0.05, 0) is 69.3 Å². The molecule has 186 valence electrons. The number of primary amides is 1. The normalized spacial score (nSPS) is 14.1. The molecule has 0 saturated carbocycles. The Bertz CT molecular complexity index is 1430. The molecule has 1 aliphatic rings. The van der Waals surface area contributed by atoms with E-state index >= 15 is 0 Å². The number of nitrogens with one attached hydrogen (secondary N) is 1. The molecule has 3 heterocycles. The maximum absolute atomic E-state index is 13.1. The molecule has 1 saturated heterocycles. The van der Waals surface area contributed by atoms with Crippen LogP contribution in [-0.4, -0.2) is 50.2 Å². The summed E-state index contributed by atoms with van der Waals surface area (Å²) in [5.74, 6) is 0.146. The second-order valence-electron chi connectivity index (χ2n) is 9.74. The van der Waals surface area contributed by atoms with Crippen LogP contribution in [0.3, 0.4) is 0 Å².